The highest BCUT2D eigenvalue weighted by molar-refractivity contribution is 5.65. The van der Waals surface area contributed by atoms with Crippen molar-refractivity contribution in [2.75, 3.05) is 5.32 Å². The zero-order chi connectivity index (χ0) is 11.5. The maximum absolute atomic E-state index is 13.3. The van der Waals surface area contributed by atoms with Gasteiger partial charge in [-0.25, -0.2) is 8.78 Å². The summed E-state index contributed by atoms with van der Waals surface area (Å²) in [6.45, 7) is 0. The number of anilines is 2. The van der Waals surface area contributed by atoms with Crippen molar-refractivity contribution < 1.29 is 13.9 Å². The molecule has 16 heavy (non-hydrogen) atoms. The van der Waals surface area contributed by atoms with E-state index in [2.05, 4.69) is 5.32 Å². The van der Waals surface area contributed by atoms with Gasteiger partial charge in [-0.3, -0.25) is 0 Å². The molecule has 4 heteroatoms. The van der Waals surface area contributed by atoms with Crippen molar-refractivity contribution in [1.29, 1.82) is 0 Å². The summed E-state index contributed by atoms with van der Waals surface area (Å²) < 4.78 is 25.9. The Balaban J connectivity index is 2.31. The summed E-state index contributed by atoms with van der Waals surface area (Å²) in [6.07, 6.45) is 0. The van der Waals surface area contributed by atoms with E-state index in [9.17, 15) is 13.9 Å². The Hall–Kier alpha value is -2.10. The van der Waals surface area contributed by atoms with Gasteiger partial charge in [0.05, 0.1) is 11.4 Å². The Bertz CT molecular complexity index is 514. The maximum Gasteiger partial charge on any atom is 0.149 e. The highest BCUT2D eigenvalue weighted by Crippen LogP contribution is 2.27. The van der Waals surface area contributed by atoms with Crippen LogP contribution in [0.25, 0.3) is 0 Å². The topological polar surface area (TPSA) is 32.3 Å². The highest BCUT2D eigenvalue weighted by Gasteiger charge is 2.05. The van der Waals surface area contributed by atoms with Crippen molar-refractivity contribution in [3.05, 3.63) is 54.1 Å². The van der Waals surface area contributed by atoms with Crippen LogP contribution >= 0.6 is 0 Å². The molecule has 0 heterocycles. The van der Waals surface area contributed by atoms with Gasteiger partial charge in [0.15, 0.2) is 0 Å². The van der Waals surface area contributed by atoms with Crippen molar-refractivity contribution in [2.45, 2.75) is 0 Å². The van der Waals surface area contributed by atoms with E-state index in [1.807, 2.05) is 0 Å². The van der Waals surface area contributed by atoms with Gasteiger partial charge in [-0.15, -0.1) is 0 Å². The largest absolute Gasteiger partial charge is 0.506 e. The van der Waals surface area contributed by atoms with Crippen molar-refractivity contribution in [1.82, 2.24) is 0 Å². The lowest BCUT2D eigenvalue weighted by atomic mass is 10.2. The van der Waals surface area contributed by atoms with Crippen LogP contribution in [0.4, 0.5) is 20.2 Å². The van der Waals surface area contributed by atoms with Crippen LogP contribution in [0.5, 0.6) is 5.75 Å². The molecule has 0 fully saturated rings. The average molecular weight is 221 g/mol. The number of hydrogen-bond donors (Lipinski definition) is 2. The molecule has 0 aliphatic rings. The van der Waals surface area contributed by atoms with Crippen LogP contribution in [0.2, 0.25) is 0 Å². The molecule has 0 atom stereocenters. The minimum absolute atomic E-state index is 0.00576. The Morgan fingerprint density at radius 1 is 0.938 bits per heavy atom. The van der Waals surface area contributed by atoms with Gasteiger partial charge in [-0.05, 0) is 24.3 Å². The monoisotopic (exact) mass is 221 g/mol. The smallest absolute Gasteiger partial charge is 0.149 e. The Labute approximate surface area is 91.2 Å². The summed E-state index contributed by atoms with van der Waals surface area (Å²) in [6, 6.07) is 9.62. The number of halogens is 2. The molecule has 82 valence electrons. The fraction of sp³-hybridized carbons (Fsp3) is 0. The number of phenolic OH excluding ortho intramolecular Hbond substituents is 1. The molecule has 2 aromatic rings. The first-order valence-electron chi connectivity index (χ1n) is 4.67. The van der Waals surface area contributed by atoms with Crippen LogP contribution in [-0.2, 0) is 0 Å². The second kappa shape index (κ2) is 4.18. The molecule has 0 radical (unpaired) electrons. The van der Waals surface area contributed by atoms with Crippen LogP contribution in [0.1, 0.15) is 0 Å². The minimum atomic E-state index is -0.705. The molecule has 0 amide bonds. The molecule has 0 saturated carbocycles. The van der Waals surface area contributed by atoms with Crippen LogP contribution in [0, 0.1) is 11.6 Å². The van der Waals surface area contributed by atoms with Crippen molar-refractivity contribution in [3.8, 4) is 5.75 Å². The molecule has 0 aliphatic heterocycles. The summed E-state index contributed by atoms with van der Waals surface area (Å²) in [5.41, 5.74) is 0.482. The Morgan fingerprint density at radius 2 is 1.69 bits per heavy atom. The molecule has 2 rings (SSSR count). The molecule has 0 saturated heterocycles. The van der Waals surface area contributed by atoms with E-state index in [0.29, 0.717) is 5.69 Å². The van der Waals surface area contributed by atoms with Crippen molar-refractivity contribution in [3.63, 3.8) is 0 Å². The van der Waals surface area contributed by atoms with Crippen LogP contribution < -0.4 is 5.32 Å². The maximum atomic E-state index is 13.3. The molecule has 0 spiro atoms. The summed E-state index contributed by atoms with van der Waals surface area (Å²) in [4.78, 5) is 0. The van der Waals surface area contributed by atoms with Gasteiger partial charge in [0, 0.05) is 6.07 Å². The number of nitrogens with one attached hydrogen (secondary N) is 1. The van der Waals surface area contributed by atoms with Crippen LogP contribution in [-0.4, -0.2) is 5.11 Å². The predicted octanol–water partition coefficient (Wildman–Crippen LogP) is 3.41. The molecular weight excluding hydrogens is 212 g/mol. The second-order valence-electron chi connectivity index (χ2n) is 3.27. The van der Waals surface area contributed by atoms with Gasteiger partial charge in [0.1, 0.15) is 17.4 Å². The van der Waals surface area contributed by atoms with Crippen molar-refractivity contribution in [2.24, 2.45) is 0 Å². The van der Waals surface area contributed by atoms with E-state index in [0.717, 1.165) is 12.1 Å². The summed E-state index contributed by atoms with van der Waals surface area (Å²) in [5.74, 6) is -1.34. The number of aromatic hydroxyl groups is 1. The fourth-order valence-electron chi connectivity index (χ4n) is 1.32. The first-order valence-corrected chi connectivity index (χ1v) is 4.67. The third-order valence-electron chi connectivity index (χ3n) is 2.10. The summed E-state index contributed by atoms with van der Waals surface area (Å²) >= 11 is 0. The standard InChI is InChI=1S/C12H9F2NO/c13-8-5-6-10(9(14)7-8)15-11-3-1-2-4-12(11)16/h1-7,15-16H. The van der Waals surface area contributed by atoms with Crippen LogP contribution in [0.15, 0.2) is 42.5 Å². The van der Waals surface area contributed by atoms with E-state index >= 15 is 0 Å². The van der Waals surface area contributed by atoms with Crippen LogP contribution in [0.3, 0.4) is 0 Å². The van der Waals surface area contributed by atoms with E-state index < -0.39 is 11.6 Å². The lowest BCUT2D eigenvalue weighted by molar-refractivity contribution is 0.477. The van der Waals surface area contributed by atoms with E-state index in [-0.39, 0.29) is 11.4 Å². The number of benzene rings is 2. The van der Waals surface area contributed by atoms with Gasteiger partial charge in [-0.2, -0.15) is 0 Å². The molecule has 0 bridgehead atoms. The molecule has 2 nitrogen and oxygen atoms in total. The third kappa shape index (κ3) is 2.11. The highest BCUT2D eigenvalue weighted by atomic mass is 19.1. The molecule has 2 aromatic carbocycles. The number of hydrogen-bond acceptors (Lipinski definition) is 2. The Morgan fingerprint density at radius 3 is 2.38 bits per heavy atom. The number of para-hydroxylation sites is 2. The molecule has 2 N–H and O–H groups in total. The van der Waals surface area contributed by atoms with E-state index in [1.165, 1.54) is 12.1 Å². The molecule has 0 aliphatic carbocycles. The predicted molar refractivity (Wildman–Crippen MR) is 57.7 cm³/mol. The van der Waals surface area contributed by atoms with Crippen molar-refractivity contribution >= 4 is 11.4 Å². The quantitative estimate of drug-likeness (QED) is 0.761. The minimum Gasteiger partial charge on any atom is -0.506 e. The average Bonchev–Trinajstić information content (AvgIpc) is 2.25. The van der Waals surface area contributed by atoms with Gasteiger partial charge in [0.2, 0.25) is 0 Å². The fourth-order valence-corrected chi connectivity index (χ4v) is 1.32. The molecule has 0 aromatic heterocycles. The lowest BCUT2D eigenvalue weighted by Crippen LogP contribution is -1.94. The first kappa shape index (κ1) is 10.4. The lowest BCUT2D eigenvalue weighted by Gasteiger charge is -2.08. The third-order valence-corrected chi connectivity index (χ3v) is 2.10. The summed E-state index contributed by atoms with van der Waals surface area (Å²) in [5, 5.41) is 12.1. The van der Waals surface area contributed by atoms with E-state index in [1.54, 1.807) is 18.2 Å². The van der Waals surface area contributed by atoms with Gasteiger partial charge >= 0.3 is 0 Å². The normalized spacial score (nSPS) is 10.1. The Kier molecular flexibility index (Phi) is 2.72. The summed E-state index contributed by atoms with van der Waals surface area (Å²) in [7, 11) is 0. The van der Waals surface area contributed by atoms with Gasteiger partial charge < -0.3 is 10.4 Å². The van der Waals surface area contributed by atoms with Gasteiger partial charge in [0.25, 0.3) is 0 Å². The number of phenols is 1. The SMILES string of the molecule is Oc1ccccc1Nc1ccc(F)cc1F. The van der Waals surface area contributed by atoms with Gasteiger partial charge in [-0.1, -0.05) is 12.1 Å². The second-order valence-corrected chi connectivity index (χ2v) is 3.27. The first-order chi connectivity index (χ1) is 7.66. The molecular formula is C12H9F2NO. The zero-order valence-corrected chi connectivity index (χ0v) is 8.24. The van der Waals surface area contributed by atoms with E-state index in [4.69, 9.17) is 0 Å². The zero-order valence-electron chi connectivity index (χ0n) is 8.24. The number of rotatable bonds is 2. The molecule has 0 unspecified atom stereocenters.